The van der Waals surface area contributed by atoms with Crippen molar-refractivity contribution in [3.05, 3.63) is 40.3 Å². The number of carbonyl (C=O) groups is 1. The molecule has 0 saturated heterocycles. The SMILES string of the molecule is O=C(c1n[nH]c(=O)c2ccccc12)N(CCO)CCO. The second-order valence-corrected chi connectivity index (χ2v) is 4.19. The number of fused-ring (bicyclic) bond motifs is 1. The lowest BCUT2D eigenvalue weighted by molar-refractivity contribution is 0.0680. The van der Waals surface area contributed by atoms with E-state index in [2.05, 4.69) is 10.2 Å². The largest absolute Gasteiger partial charge is 0.395 e. The zero-order valence-electron chi connectivity index (χ0n) is 10.7. The number of rotatable bonds is 5. The first-order valence-electron chi connectivity index (χ1n) is 6.17. The third-order valence-electron chi connectivity index (χ3n) is 2.93. The first-order chi connectivity index (χ1) is 9.69. The Kier molecular flexibility index (Phi) is 4.44. The van der Waals surface area contributed by atoms with Crippen LogP contribution in [0.5, 0.6) is 0 Å². The average molecular weight is 277 g/mol. The molecule has 0 aliphatic rings. The van der Waals surface area contributed by atoms with Crippen LogP contribution in [0.2, 0.25) is 0 Å². The molecule has 1 heterocycles. The summed E-state index contributed by atoms with van der Waals surface area (Å²) < 4.78 is 0. The van der Waals surface area contributed by atoms with Crippen LogP contribution in [0.25, 0.3) is 10.8 Å². The first-order valence-corrected chi connectivity index (χ1v) is 6.17. The Bertz CT molecular complexity index is 662. The van der Waals surface area contributed by atoms with E-state index in [0.29, 0.717) is 10.8 Å². The van der Waals surface area contributed by atoms with Gasteiger partial charge in [-0.05, 0) is 6.07 Å². The van der Waals surface area contributed by atoms with Gasteiger partial charge in [0.25, 0.3) is 11.5 Å². The summed E-state index contributed by atoms with van der Waals surface area (Å²) in [7, 11) is 0. The number of aromatic nitrogens is 2. The molecule has 0 atom stereocenters. The number of carbonyl (C=O) groups excluding carboxylic acids is 1. The van der Waals surface area contributed by atoms with Crippen molar-refractivity contribution in [1.29, 1.82) is 0 Å². The van der Waals surface area contributed by atoms with Crippen LogP contribution in [0.4, 0.5) is 0 Å². The molecule has 7 heteroatoms. The smallest absolute Gasteiger partial charge is 0.275 e. The summed E-state index contributed by atoms with van der Waals surface area (Å²) in [4.78, 5) is 25.3. The minimum atomic E-state index is -0.444. The lowest BCUT2D eigenvalue weighted by Gasteiger charge is -2.20. The minimum absolute atomic E-state index is 0.0918. The van der Waals surface area contributed by atoms with Gasteiger partial charge < -0.3 is 15.1 Å². The van der Waals surface area contributed by atoms with E-state index in [9.17, 15) is 9.59 Å². The maximum atomic E-state index is 12.4. The fraction of sp³-hybridized carbons (Fsp3) is 0.308. The van der Waals surface area contributed by atoms with Gasteiger partial charge in [-0.15, -0.1) is 0 Å². The molecule has 1 aromatic carbocycles. The van der Waals surface area contributed by atoms with Crippen molar-refractivity contribution in [2.75, 3.05) is 26.3 Å². The maximum Gasteiger partial charge on any atom is 0.275 e. The highest BCUT2D eigenvalue weighted by atomic mass is 16.3. The van der Waals surface area contributed by atoms with E-state index >= 15 is 0 Å². The molecule has 2 rings (SSSR count). The van der Waals surface area contributed by atoms with Gasteiger partial charge in [0.1, 0.15) is 0 Å². The number of aromatic amines is 1. The van der Waals surface area contributed by atoms with Crippen molar-refractivity contribution in [1.82, 2.24) is 15.1 Å². The Morgan fingerprint density at radius 3 is 2.35 bits per heavy atom. The van der Waals surface area contributed by atoms with Gasteiger partial charge in [-0.25, -0.2) is 5.10 Å². The van der Waals surface area contributed by atoms with Gasteiger partial charge in [-0.2, -0.15) is 5.10 Å². The molecule has 106 valence electrons. The molecule has 0 aliphatic heterocycles. The normalized spacial score (nSPS) is 10.7. The standard InChI is InChI=1S/C13H15N3O4/c17-7-5-16(6-8-18)13(20)11-9-3-1-2-4-10(9)12(19)15-14-11/h1-4,17-18H,5-8H2,(H,15,19). The topological polar surface area (TPSA) is 107 Å². The fourth-order valence-corrected chi connectivity index (χ4v) is 1.98. The van der Waals surface area contributed by atoms with Gasteiger partial charge in [0, 0.05) is 18.5 Å². The molecular formula is C13H15N3O4. The van der Waals surface area contributed by atoms with Crippen LogP contribution in [-0.4, -0.2) is 57.5 Å². The van der Waals surface area contributed by atoms with Gasteiger partial charge in [0.05, 0.1) is 18.6 Å². The second-order valence-electron chi connectivity index (χ2n) is 4.19. The van der Waals surface area contributed by atoms with E-state index in [4.69, 9.17) is 10.2 Å². The van der Waals surface area contributed by atoms with E-state index in [1.807, 2.05) is 0 Å². The average Bonchev–Trinajstić information content (AvgIpc) is 2.47. The van der Waals surface area contributed by atoms with Crippen LogP contribution in [0.15, 0.2) is 29.1 Å². The second kappa shape index (κ2) is 6.27. The fourth-order valence-electron chi connectivity index (χ4n) is 1.98. The molecule has 0 fully saturated rings. The number of aliphatic hydroxyl groups excluding tert-OH is 2. The third-order valence-corrected chi connectivity index (χ3v) is 2.93. The highest BCUT2D eigenvalue weighted by molar-refractivity contribution is 6.04. The Morgan fingerprint density at radius 1 is 1.15 bits per heavy atom. The number of H-pyrrole nitrogens is 1. The van der Waals surface area contributed by atoms with Crippen molar-refractivity contribution >= 4 is 16.7 Å². The van der Waals surface area contributed by atoms with Crippen LogP contribution >= 0.6 is 0 Å². The number of aliphatic hydroxyl groups is 2. The summed E-state index contributed by atoms with van der Waals surface area (Å²) in [6.45, 7) is -0.247. The molecule has 2 aromatic rings. The molecule has 1 aromatic heterocycles. The number of nitrogens with zero attached hydrogens (tertiary/aromatic N) is 2. The zero-order chi connectivity index (χ0) is 14.5. The van der Waals surface area contributed by atoms with Crippen molar-refractivity contribution < 1.29 is 15.0 Å². The van der Waals surface area contributed by atoms with Crippen molar-refractivity contribution in [3.63, 3.8) is 0 Å². The van der Waals surface area contributed by atoms with Crippen LogP contribution in [-0.2, 0) is 0 Å². The van der Waals surface area contributed by atoms with Crippen LogP contribution in [0.3, 0.4) is 0 Å². The van der Waals surface area contributed by atoms with Gasteiger partial charge >= 0.3 is 0 Å². The van der Waals surface area contributed by atoms with Crippen LogP contribution in [0.1, 0.15) is 10.5 Å². The molecule has 3 N–H and O–H groups in total. The Balaban J connectivity index is 2.49. The van der Waals surface area contributed by atoms with E-state index in [1.165, 1.54) is 4.90 Å². The minimum Gasteiger partial charge on any atom is -0.395 e. The number of amides is 1. The molecule has 20 heavy (non-hydrogen) atoms. The quantitative estimate of drug-likeness (QED) is 0.673. The summed E-state index contributed by atoms with van der Waals surface area (Å²) in [6, 6.07) is 6.66. The summed E-state index contributed by atoms with van der Waals surface area (Å²) in [5, 5.41) is 24.8. The van der Waals surface area contributed by atoms with Gasteiger partial charge in [0.15, 0.2) is 5.69 Å². The Morgan fingerprint density at radius 2 is 1.75 bits per heavy atom. The highest BCUT2D eigenvalue weighted by Gasteiger charge is 2.19. The Labute approximate surface area is 114 Å². The molecule has 0 bridgehead atoms. The summed E-state index contributed by atoms with van der Waals surface area (Å²) in [5.41, 5.74) is -0.268. The summed E-state index contributed by atoms with van der Waals surface area (Å²) in [6.07, 6.45) is 0. The lowest BCUT2D eigenvalue weighted by atomic mass is 10.1. The van der Waals surface area contributed by atoms with Gasteiger partial charge in [0.2, 0.25) is 0 Å². The Hall–Kier alpha value is -2.25. The maximum absolute atomic E-state index is 12.4. The summed E-state index contributed by atoms with van der Waals surface area (Å²) in [5.74, 6) is -0.444. The van der Waals surface area contributed by atoms with E-state index < -0.39 is 5.91 Å². The zero-order valence-corrected chi connectivity index (χ0v) is 10.7. The van der Waals surface area contributed by atoms with E-state index in [0.717, 1.165) is 0 Å². The van der Waals surface area contributed by atoms with Gasteiger partial charge in [-0.1, -0.05) is 18.2 Å². The highest BCUT2D eigenvalue weighted by Crippen LogP contribution is 2.14. The van der Waals surface area contributed by atoms with Crippen LogP contribution in [0, 0.1) is 0 Å². The number of hydrogen-bond acceptors (Lipinski definition) is 5. The molecule has 7 nitrogen and oxygen atoms in total. The molecule has 1 amide bonds. The number of nitrogens with one attached hydrogen (secondary N) is 1. The first kappa shape index (κ1) is 14.2. The summed E-state index contributed by atoms with van der Waals surface area (Å²) >= 11 is 0. The molecule has 0 unspecified atom stereocenters. The predicted molar refractivity (Wildman–Crippen MR) is 72.4 cm³/mol. The van der Waals surface area contributed by atoms with Crippen molar-refractivity contribution in [2.24, 2.45) is 0 Å². The van der Waals surface area contributed by atoms with E-state index in [-0.39, 0.29) is 37.6 Å². The lowest BCUT2D eigenvalue weighted by Crippen LogP contribution is -2.37. The third kappa shape index (κ3) is 2.68. The number of hydrogen-bond donors (Lipinski definition) is 3. The monoisotopic (exact) mass is 277 g/mol. The molecule has 0 spiro atoms. The molecule has 0 radical (unpaired) electrons. The number of benzene rings is 1. The van der Waals surface area contributed by atoms with Crippen molar-refractivity contribution in [2.45, 2.75) is 0 Å². The molecule has 0 saturated carbocycles. The molecule has 0 aliphatic carbocycles. The van der Waals surface area contributed by atoms with Gasteiger partial charge in [-0.3, -0.25) is 9.59 Å². The van der Waals surface area contributed by atoms with Crippen molar-refractivity contribution in [3.8, 4) is 0 Å². The molecular weight excluding hydrogens is 262 g/mol. The van der Waals surface area contributed by atoms with E-state index in [1.54, 1.807) is 24.3 Å². The predicted octanol–water partition coefficient (Wildman–Crippen LogP) is -0.650. The van der Waals surface area contributed by atoms with Crippen LogP contribution < -0.4 is 5.56 Å².